The molecule has 2 aromatic carbocycles. The summed E-state index contributed by atoms with van der Waals surface area (Å²) in [4.78, 5) is 12.8. The van der Waals surface area contributed by atoms with Crippen LogP contribution in [-0.4, -0.2) is 5.91 Å². The zero-order valence-electron chi connectivity index (χ0n) is 16.9. The zero-order valence-corrected chi connectivity index (χ0v) is 16.9. The Balaban J connectivity index is 1.32. The molecule has 2 saturated carbocycles. The molecule has 2 N–H and O–H groups in total. The Hall–Kier alpha value is -3.01. The third-order valence-electron chi connectivity index (χ3n) is 7.51. The fourth-order valence-electron chi connectivity index (χ4n) is 6.30. The molecule has 1 aliphatic heterocycles. The van der Waals surface area contributed by atoms with E-state index in [1.165, 1.54) is 36.1 Å². The molecule has 152 valence electrons. The minimum atomic E-state index is -0.0425. The Bertz CT molecular complexity index is 1060. The highest BCUT2D eigenvalue weighted by Gasteiger charge is 2.53. The van der Waals surface area contributed by atoms with Crippen molar-refractivity contribution in [2.45, 2.75) is 37.8 Å². The predicted molar refractivity (Wildman–Crippen MR) is 116 cm³/mol. The van der Waals surface area contributed by atoms with Gasteiger partial charge in [0, 0.05) is 11.3 Å². The van der Waals surface area contributed by atoms with Crippen molar-refractivity contribution in [2.24, 2.45) is 17.8 Å². The van der Waals surface area contributed by atoms with Crippen molar-refractivity contribution < 1.29 is 9.21 Å². The number of carbonyl (C=O) groups excluding carboxylic acids is 1. The first kappa shape index (κ1) is 17.8. The Morgan fingerprint density at radius 3 is 2.73 bits per heavy atom. The fourth-order valence-corrected chi connectivity index (χ4v) is 6.30. The molecule has 0 saturated heterocycles. The van der Waals surface area contributed by atoms with Crippen LogP contribution < -0.4 is 10.6 Å². The molecule has 0 unspecified atom stereocenters. The zero-order chi connectivity index (χ0) is 20.1. The Kier molecular flexibility index (Phi) is 4.19. The molecular formula is C26H26N2O2. The molecule has 1 amide bonds. The minimum absolute atomic E-state index is 0.0425. The molecule has 0 spiro atoms. The normalized spacial score (nSPS) is 28.5. The number of anilines is 1. The highest BCUT2D eigenvalue weighted by Crippen LogP contribution is 2.63. The smallest absolute Gasteiger partial charge is 0.251 e. The molecule has 3 aliphatic rings. The summed E-state index contributed by atoms with van der Waals surface area (Å²) in [5.41, 5.74) is 4.65. The van der Waals surface area contributed by atoms with Crippen molar-refractivity contribution in [2.75, 3.05) is 5.32 Å². The van der Waals surface area contributed by atoms with Gasteiger partial charge in [-0.2, -0.15) is 0 Å². The van der Waals surface area contributed by atoms with Crippen molar-refractivity contribution in [1.82, 2.24) is 5.32 Å². The first-order chi connectivity index (χ1) is 14.8. The molecular weight excluding hydrogens is 372 g/mol. The van der Waals surface area contributed by atoms with Crippen LogP contribution in [0.3, 0.4) is 0 Å². The molecule has 4 heteroatoms. The molecule has 4 nitrogen and oxygen atoms in total. The third-order valence-corrected chi connectivity index (χ3v) is 7.51. The van der Waals surface area contributed by atoms with E-state index in [-0.39, 0.29) is 5.91 Å². The lowest BCUT2D eigenvalue weighted by Gasteiger charge is -2.43. The monoisotopic (exact) mass is 398 g/mol. The van der Waals surface area contributed by atoms with E-state index in [9.17, 15) is 4.79 Å². The van der Waals surface area contributed by atoms with Gasteiger partial charge in [0.25, 0.3) is 5.91 Å². The minimum Gasteiger partial charge on any atom is -0.467 e. The van der Waals surface area contributed by atoms with Gasteiger partial charge in [0.05, 0.1) is 18.8 Å². The predicted octanol–water partition coefficient (Wildman–Crippen LogP) is 5.51. The lowest BCUT2D eigenvalue weighted by Crippen LogP contribution is -2.35. The summed E-state index contributed by atoms with van der Waals surface area (Å²) in [5.74, 6) is 3.40. The average Bonchev–Trinajstić information content (AvgIpc) is 3.55. The van der Waals surface area contributed by atoms with Gasteiger partial charge < -0.3 is 15.1 Å². The Morgan fingerprint density at radius 2 is 1.90 bits per heavy atom. The lowest BCUT2D eigenvalue weighted by molar-refractivity contribution is 0.0947. The van der Waals surface area contributed by atoms with Crippen molar-refractivity contribution >= 4 is 11.6 Å². The molecule has 1 aromatic heterocycles. The van der Waals surface area contributed by atoms with Gasteiger partial charge in [0.1, 0.15) is 5.76 Å². The quantitative estimate of drug-likeness (QED) is 0.610. The van der Waals surface area contributed by atoms with Crippen LogP contribution in [0.4, 0.5) is 5.69 Å². The summed E-state index contributed by atoms with van der Waals surface area (Å²) in [6.07, 6.45) is 5.62. The van der Waals surface area contributed by atoms with Gasteiger partial charge in [0.2, 0.25) is 0 Å². The first-order valence-electron chi connectivity index (χ1n) is 11.0. The van der Waals surface area contributed by atoms with E-state index in [0.29, 0.717) is 24.4 Å². The molecule has 2 heterocycles. The molecule has 30 heavy (non-hydrogen) atoms. The summed E-state index contributed by atoms with van der Waals surface area (Å²) >= 11 is 0. The largest absolute Gasteiger partial charge is 0.467 e. The molecule has 2 bridgehead atoms. The molecule has 3 aromatic rings. The maximum atomic E-state index is 12.8. The van der Waals surface area contributed by atoms with Gasteiger partial charge in [-0.25, -0.2) is 0 Å². The van der Waals surface area contributed by atoms with E-state index in [0.717, 1.165) is 23.2 Å². The van der Waals surface area contributed by atoms with Gasteiger partial charge in [0.15, 0.2) is 0 Å². The number of nitrogens with one attached hydrogen (secondary N) is 2. The van der Waals surface area contributed by atoms with Crippen LogP contribution in [0.15, 0.2) is 71.3 Å². The number of hydrogen-bond donors (Lipinski definition) is 2. The number of furan rings is 1. The lowest BCUT2D eigenvalue weighted by atomic mass is 9.68. The number of fused-ring (bicyclic) bond motifs is 7. The topological polar surface area (TPSA) is 54.3 Å². The van der Waals surface area contributed by atoms with Gasteiger partial charge in [-0.05, 0) is 84.4 Å². The molecule has 5 atom stereocenters. The summed E-state index contributed by atoms with van der Waals surface area (Å²) < 4.78 is 5.33. The standard InChI is InChI=1S/C26H26N2O2/c29-26(27-15-20-7-4-12-30-20)19-10-11-22-21(14-19)23-17-8-9-18(13-17)24(23)25(28-22)16-5-2-1-3-6-16/h1-7,10-12,14,17-18,23-25,28H,8-9,13,15H2,(H,27,29)/t17-,18-,23-,24+,25-/m0/s1. The second-order valence-electron chi connectivity index (χ2n) is 9.03. The van der Waals surface area contributed by atoms with Crippen LogP contribution in [0.25, 0.3) is 0 Å². The van der Waals surface area contributed by atoms with Crippen LogP contribution in [-0.2, 0) is 6.54 Å². The second kappa shape index (κ2) is 7.05. The van der Waals surface area contributed by atoms with Crippen LogP contribution in [0, 0.1) is 17.8 Å². The van der Waals surface area contributed by atoms with E-state index in [1.807, 2.05) is 18.2 Å². The van der Waals surface area contributed by atoms with Crippen LogP contribution >= 0.6 is 0 Å². The molecule has 0 radical (unpaired) electrons. The molecule has 2 fully saturated rings. The van der Waals surface area contributed by atoms with E-state index in [2.05, 4.69) is 53.1 Å². The molecule has 6 rings (SSSR count). The number of rotatable bonds is 4. The average molecular weight is 399 g/mol. The number of amides is 1. The summed E-state index contributed by atoms with van der Waals surface area (Å²) in [6.45, 7) is 0.411. The highest BCUT2D eigenvalue weighted by atomic mass is 16.3. The van der Waals surface area contributed by atoms with Crippen LogP contribution in [0.2, 0.25) is 0 Å². The number of benzene rings is 2. The summed E-state index contributed by atoms with van der Waals surface area (Å²) in [6, 6.07) is 21.1. The van der Waals surface area contributed by atoms with Gasteiger partial charge in [-0.15, -0.1) is 0 Å². The fraction of sp³-hybridized carbons (Fsp3) is 0.346. The van der Waals surface area contributed by atoms with Crippen LogP contribution in [0.5, 0.6) is 0 Å². The summed E-state index contributed by atoms with van der Waals surface area (Å²) in [5, 5.41) is 6.83. The van der Waals surface area contributed by atoms with Gasteiger partial charge in [-0.1, -0.05) is 30.3 Å². The van der Waals surface area contributed by atoms with Crippen molar-refractivity contribution in [3.8, 4) is 0 Å². The SMILES string of the molecule is O=C(NCc1ccco1)c1ccc2c(c1)[C@@H]1[C@H]3CC[C@@H](C3)[C@H]1[C@H](c1ccccc1)N2. The van der Waals surface area contributed by atoms with Crippen molar-refractivity contribution in [3.05, 3.63) is 89.4 Å². The number of carbonyl (C=O) groups is 1. The third kappa shape index (κ3) is 2.85. The Morgan fingerprint density at radius 1 is 1.03 bits per heavy atom. The van der Waals surface area contributed by atoms with E-state index >= 15 is 0 Å². The number of hydrogen-bond acceptors (Lipinski definition) is 3. The van der Waals surface area contributed by atoms with Crippen LogP contribution in [0.1, 0.15) is 58.5 Å². The first-order valence-corrected chi connectivity index (χ1v) is 11.0. The highest BCUT2D eigenvalue weighted by molar-refractivity contribution is 5.95. The maximum absolute atomic E-state index is 12.8. The van der Waals surface area contributed by atoms with Crippen molar-refractivity contribution in [3.63, 3.8) is 0 Å². The van der Waals surface area contributed by atoms with E-state index in [1.54, 1.807) is 6.26 Å². The van der Waals surface area contributed by atoms with Gasteiger partial charge in [-0.3, -0.25) is 4.79 Å². The maximum Gasteiger partial charge on any atom is 0.251 e. The van der Waals surface area contributed by atoms with Gasteiger partial charge >= 0.3 is 0 Å². The van der Waals surface area contributed by atoms with Crippen molar-refractivity contribution in [1.29, 1.82) is 0 Å². The molecule has 2 aliphatic carbocycles. The van der Waals surface area contributed by atoms with E-state index < -0.39 is 0 Å². The second-order valence-corrected chi connectivity index (χ2v) is 9.03. The summed E-state index contributed by atoms with van der Waals surface area (Å²) in [7, 11) is 0. The van der Waals surface area contributed by atoms with E-state index in [4.69, 9.17) is 4.42 Å². The Labute approximate surface area is 176 Å².